The van der Waals surface area contributed by atoms with Crippen LogP contribution in [0, 0.1) is 0 Å². The monoisotopic (exact) mass is 911 g/mol. The Morgan fingerprint density at radius 2 is 0.594 bits per heavy atom. The van der Waals surface area contributed by atoms with Crippen molar-refractivity contribution in [3.05, 3.63) is 10.4 Å². The minimum Gasteiger partial charge on any atom is -0.480 e. The smallest absolute Gasteiger partial charge is 0.323 e. The molecule has 0 radical (unpaired) electrons. The first-order valence-electron chi connectivity index (χ1n) is 19.3. The first-order chi connectivity index (χ1) is 29.7. The number of nitrogens with two attached hydrogens (primary N) is 1. The Hall–Kier alpha value is -7.09. The van der Waals surface area contributed by atoms with Crippen molar-refractivity contribution in [1.29, 1.82) is 0 Å². The van der Waals surface area contributed by atoms with Crippen molar-refractivity contribution in [2.24, 2.45) is 10.8 Å². The lowest BCUT2D eigenvalue weighted by molar-refractivity contribution is -0.147. The lowest BCUT2D eigenvalue weighted by Gasteiger charge is -2.27. The Labute approximate surface area is 370 Å². The van der Waals surface area contributed by atoms with Crippen LogP contribution in [0.15, 0.2) is 5.11 Å². The van der Waals surface area contributed by atoms with Gasteiger partial charge in [-0.3, -0.25) is 57.5 Å². The van der Waals surface area contributed by atoms with Gasteiger partial charge in [-0.05, 0) is 5.53 Å². The van der Waals surface area contributed by atoms with Crippen molar-refractivity contribution in [3.63, 3.8) is 0 Å². The van der Waals surface area contributed by atoms with E-state index in [4.69, 9.17) is 16.4 Å². The van der Waals surface area contributed by atoms with Gasteiger partial charge in [-0.1, -0.05) is 5.11 Å². The van der Waals surface area contributed by atoms with Crippen LogP contribution in [-0.4, -0.2) is 292 Å². The topological polar surface area (TPSA) is 335 Å². The Bertz CT molecular complexity index is 1810. The van der Waals surface area contributed by atoms with Crippen LogP contribution in [0.25, 0.3) is 10.4 Å². The van der Waals surface area contributed by atoms with E-state index in [1.54, 1.807) is 0 Å². The van der Waals surface area contributed by atoms with Crippen LogP contribution in [0.2, 0.25) is 0 Å². The summed E-state index contributed by atoms with van der Waals surface area (Å²) in [5.41, 5.74) is 13.8. The van der Waals surface area contributed by atoms with Crippen molar-refractivity contribution >= 4 is 70.9 Å². The Balaban J connectivity index is 4.96. The van der Waals surface area contributed by atoms with Crippen molar-refractivity contribution < 1.29 is 62.6 Å². The number of hydrogen-bond acceptors (Lipinski definition) is 14. The van der Waals surface area contributed by atoms with Gasteiger partial charge in [-0.25, -0.2) is 0 Å². The number of nitrogens with zero attached hydrogens (tertiary/aromatic N) is 14. The van der Waals surface area contributed by atoms with Gasteiger partial charge in [0.2, 0.25) is 65.0 Å². The number of carboxylic acid groups (broad SMARTS) is 1. The molecule has 0 heterocycles. The predicted molar refractivity (Wildman–Crippen MR) is 224 cm³/mol. The molecule has 0 aliphatic rings. The zero-order valence-electron chi connectivity index (χ0n) is 38.1. The number of amides is 11. The molecule has 0 saturated carbocycles. The average Bonchev–Trinajstić information content (AvgIpc) is 3.21. The maximum absolute atomic E-state index is 12.9. The number of carboxylic acids is 1. The van der Waals surface area contributed by atoms with Crippen LogP contribution in [0.3, 0.4) is 0 Å². The molecule has 0 bridgehead atoms. The minimum absolute atomic E-state index is 0.0685. The van der Waals surface area contributed by atoms with Gasteiger partial charge in [0.15, 0.2) is 0 Å². The summed E-state index contributed by atoms with van der Waals surface area (Å²) in [6.45, 7) is -5.74. The SMILES string of the molecule is CN(CC(=O)O)C(=O)CN(C)C(=O)CN(C)C(=O)CN(C)C(=O)CN(C)C(=O)CN(C)C(=O)CN(C)C(=O)CN(C)C(=O)CN(C)C(=O)CN(C)C(=O)CN(CCN=[N+]=[N-])C(=O)CN. The van der Waals surface area contributed by atoms with E-state index >= 15 is 0 Å². The molecule has 0 atom stereocenters. The number of azide groups is 1. The molecule has 0 aromatic heterocycles. The highest BCUT2D eigenvalue weighted by atomic mass is 16.4. The van der Waals surface area contributed by atoms with E-state index in [0.717, 1.165) is 53.9 Å². The predicted octanol–water partition coefficient (Wildman–Crippen LogP) is -6.25. The first-order valence-corrected chi connectivity index (χ1v) is 19.3. The van der Waals surface area contributed by atoms with E-state index in [1.807, 2.05) is 0 Å². The number of carbonyl (C=O) groups excluding carboxylic acids is 11. The third-order valence-corrected chi connectivity index (χ3v) is 9.37. The molecule has 358 valence electrons. The molecule has 0 aliphatic carbocycles. The highest BCUT2D eigenvalue weighted by molar-refractivity contribution is 5.94. The molecule has 0 saturated heterocycles. The maximum Gasteiger partial charge on any atom is 0.323 e. The molecule has 0 spiro atoms. The highest BCUT2D eigenvalue weighted by Crippen LogP contribution is 2.01. The molecular formula is C36H61N15O13. The van der Waals surface area contributed by atoms with E-state index < -0.39 is 149 Å². The number of aliphatic carboxylic acids is 1. The molecule has 64 heavy (non-hydrogen) atoms. The van der Waals surface area contributed by atoms with E-state index in [1.165, 1.54) is 70.5 Å². The van der Waals surface area contributed by atoms with Crippen molar-refractivity contribution in [3.8, 4) is 0 Å². The van der Waals surface area contributed by atoms with Gasteiger partial charge in [0.25, 0.3) is 0 Å². The van der Waals surface area contributed by atoms with Gasteiger partial charge in [0, 0.05) is 88.5 Å². The Morgan fingerprint density at radius 3 is 0.781 bits per heavy atom. The van der Waals surface area contributed by atoms with Crippen LogP contribution in [-0.2, 0) is 57.5 Å². The molecule has 28 nitrogen and oxygen atoms in total. The third kappa shape index (κ3) is 20.6. The molecule has 3 N–H and O–H groups in total. The summed E-state index contributed by atoms with van der Waals surface area (Å²) in [5.74, 6) is -8.21. The molecule has 0 aliphatic heterocycles. The molecule has 0 aromatic rings. The number of hydrogen-bond donors (Lipinski definition) is 2. The number of carbonyl (C=O) groups is 12. The van der Waals surface area contributed by atoms with Gasteiger partial charge in [-0.15, -0.1) is 0 Å². The van der Waals surface area contributed by atoms with E-state index in [0.29, 0.717) is 0 Å². The summed E-state index contributed by atoms with van der Waals surface area (Å²) in [6, 6.07) is 0. The Morgan fingerprint density at radius 1 is 0.391 bits per heavy atom. The van der Waals surface area contributed by atoms with Crippen molar-refractivity contribution in [1.82, 2.24) is 53.9 Å². The van der Waals surface area contributed by atoms with Crippen LogP contribution in [0.1, 0.15) is 0 Å². The number of rotatable bonds is 26. The fourth-order valence-electron chi connectivity index (χ4n) is 4.91. The summed E-state index contributed by atoms with van der Waals surface area (Å²) in [6.07, 6.45) is 0. The van der Waals surface area contributed by atoms with Crippen LogP contribution in [0.5, 0.6) is 0 Å². The molecule has 0 aromatic carbocycles. The average molecular weight is 912 g/mol. The summed E-state index contributed by atoms with van der Waals surface area (Å²) >= 11 is 0. The second-order valence-electron chi connectivity index (χ2n) is 14.9. The van der Waals surface area contributed by atoms with E-state index in [2.05, 4.69) is 10.0 Å². The lowest BCUT2D eigenvalue weighted by Crippen LogP contribution is -2.49. The summed E-state index contributed by atoms with van der Waals surface area (Å²) in [7, 11) is 13.0. The molecule has 0 rings (SSSR count). The van der Waals surface area contributed by atoms with Crippen LogP contribution < -0.4 is 5.73 Å². The minimum atomic E-state index is -1.23. The zero-order chi connectivity index (χ0) is 49.6. The first kappa shape index (κ1) is 56.9. The largest absolute Gasteiger partial charge is 0.480 e. The standard InChI is InChI=1S/C36H61N15O13/c1-41(14-26(53)42(2)16-28(55)44(4)18-30(57)46(6)20-32(59)48(8)22-34(61)50(10)24-36(63)64)27(54)15-43(3)29(56)17-45(5)31(58)19-47(7)33(60)21-49(9)35(62)23-51(25(52)13-37)12-11-39-40-38/h11-24,37H2,1-10H3,(H,63,64). The lowest BCUT2D eigenvalue weighted by atomic mass is 10.3. The van der Waals surface area contributed by atoms with Crippen molar-refractivity contribution in [2.45, 2.75) is 0 Å². The van der Waals surface area contributed by atoms with Gasteiger partial charge < -0.3 is 64.7 Å². The van der Waals surface area contributed by atoms with E-state index in [9.17, 15) is 57.5 Å². The summed E-state index contributed by atoms with van der Waals surface area (Å²) in [4.78, 5) is 164. The molecule has 28 heteroatoms. The van der Waals surface area contributed by atoms with Crippen LogP contribution in [0.4, 0.5) is 0 Å². The maximum atomic E-state index is 12.9. The Kier molecular flexibility index (Phi) is 24.7. The van der Waals surface area contributed by atoms with Crippen molar-refractivity contribution in [2.75, 3.05) is 162 Å². The fourth-order valence-corrected chi connectivity index (χ4v) is 4.91. The van der Waals surface area contributed by atoms with Gasteiger partial charge in [0.05, 0.1) is 72.0 Å². The molecule has 0 fully saturated rings. The van der Waals surface area contributed by atoms with Gasteiger partial charge >= 0.3 is 5.97 Å². The third-order valence-electron chi connectivity index (χ3n) is 9.37. The quantitative estimate of drug-likeness (QED) is 0.0464. The van der Waals surface area contributed by atoms with Gasteiger partial charge in [0.1, 0.15) is 6.54 Å². The highest BCUT2D eigenvalue weighted by Gasteiger charge is 2.27. The zero-order valence-corrected chi connectivity index (χ0v) is 38.1. The van der Waals surface area contributed by atoms with E-state index in [-0.39, 0.29) is 13.1 Å². The molecule has 0 unspecified atom stereocenters. The van der Waals surface area contributed by atoms with Gasteiger partial charge in [-0.2, -0.15) is 0 Å². The normalized spacial score (nSPS) is 10.2. The second kappa shape index (κ2) is 27.8. The molecular weight excluding hydrogens is 850 g/mol. The fraction of sp³-hybridized carbons (Fsp3) is 0.667. The second-order valence-corrected chi connectivity index (χ2v) is 14.9. The van der Waals surface area contributed by atoms with Crippen LogP contribution >= 0.6 is 0 Å². The molecule has 11 amide bonds. The summed E-state index contributed by atoms with van der Waals surface area (Å²) < 4.78 is 0. The number of likely N-dealkylation sites (N-methyl/N-ethyl adjacent to an activating group) is 10. The summed E-state index contributed by atoms with van der Waals surface area (Å²) in [5, 5.41) is 12.2.